The first-order chi connectivity index (χ1) is 15.0. The fraction of sp³-hybridized carbons (Fsp3) is 0.346. The summed E-state index contributed by atoms with van der Waals surface area (Å²) in [6, 6.07) is 17.7. The quantitative estimate of drug-likeness (QED) is 0.664. The Morgan fingerprint density at radius 3 is 2.45 bits per heavy atom. The smallest absolute Gasteiger partial charge is 0.315 e. The number of benzene rings is 2. The Hall–Kier alpha value is -3.21. The second kappa shape index (κ2) is 8.88. The molecule has 2 unspecified atom stereocenters. The van der Waals surface area contributed by atoms with Gasteiger partial charge in [-0.3, -0.25) is 14.6 Å². The molecule has 0 saturated heterocycles. The molecule has 0 fully saturated rings. The number of ketones is 1. The Labute approximate surface area is 183 Å². The maximum atomic E-state index is 13.3. The van der Waals surface area contributed by atoms with E-state index in [1.807, 2.05) is 80.5 Å². The van der Waals surface area contributed by atoms with E-state index in [1.54, 1.807) is 0 Å². The van der Waals surface area contributed by atoms with Gasteiger partial charge in [0.2, 0.25) is 0 Å². The van der Waals surface area contributed by atoms with Gasteiger partial charge < -0.3 is 9.64 Å². The molecule has 0 spiro atoms. The van der Waals surface area contributed by atoms with Crippen LogP contribution >= 0.6 is 0 Å². The number of hydrogen-bond acceptors (Lipinski definition) is 5. The summed E-state index contributed by atoms with van der Waals surface area (Å²) in [4.78, 5) is 33.0. The molecule has 0 saturated carbocycles. The molecule has 0 aromatic heterocycles. The van der Waals surface area contributed by atoms with Crippen LogP contribution in [0.15, 0.2) is 70.9 Å². The highest BCUT2D eigenvalue weighted by atomic mass is 16.5. The van der Waals surface area contributed by atoms with Gasteiger partial charge in [0, 0.05) is 49.1 Å². The lowest BCUT2D eigenvalue weighted by molar-refractivity contribution is -0.148. The number of allylic oxidation sites excluding steroid dienone is 2. The zero-order valence-corrected chi connectivity index (χ0v) is 18.3. The van der Waals surface area contributed by atoms with Crippen molar-refractivity contribution in [1.29, 1.82) is 0 Å². The first-order valence-corrected chi connectivity index (χ1v) is 10.7. The minimum absolute atomic E-state index is 0.0973. The van der Waals surface area contributed by atoms with E-state index in [4.69, 9.17) is 9.73 Å². The van der Waals surface area contributed by atoms with E-state index in [9.17, 15) is 9.59 Å². The number of ether oxygens (including phenoxy) is 1. The van der Waals surface area contributed by atoms with Crippen LogP contribution in [0.3, 0.4) is 0 Å². The number of aliphatic imine (C=N–C) groups is 1. The highest BCUT2D eigenvalue weighted by molar-refractivity contribution is 6.08. The number of nitrogens with zero attached hydrogens (tertiary/aromatic N) is 2. The molecule has 2 aromatic rings. The van der Waals surface area contributed by atoms with E-state index < -0.39 is 5.92 Å². The molecule has 1 aliphatic heterocycles. The maximum absolute atomic E-state index is 13.3. The van der Waals surface area contributed by atoms with E-state index in [0.29, 0.717) is 17.7 Å². The predicted octanol–water partition coefficient (Wildman–Crippen LogP) is 4.68. The third kappa shape index (κ3) is 4.31. The Balaban J connectivity index is 1.69. The predicted molar refractivity (Wildman–Crippen MR) is 122 cm³/mol. The van der Waals surface area contributed by atoms with E-state index in [1.165, 1.54) is 0 Å². The van der Waals surface area contributed by atoms with E-state index in [0.717, 1.165) is 35.4 Å². The number of Topliss-reactive ketones (excluding diaryl/α,β-unsaturated/α-hetero) is 1. The van der Waals surface area contributed by atoms with Crippen molar-refractivity contribution in [3.05, 3.63) is 77.0 Å². The first kappa shape index (κ1) is 21.0. The third-order valence-electron chi connectivity index (χ3n) is 6.08. The number of carbonyl (C=O) groups is 2. The normalized spacial score (nSPS) is 20.7. The van der Waals surface area contributed by atoms with E-state index in [2.05, 4.69) is 0 Å². The van der Waals surface area contributed by atoms with Crippen molar-refractivity contribution in [1.82, 2.24) is 0 Å². The van der Waals surface area contributed by atoms with Crippen molar-refractivity contribution in [2.75, 3.05) is 19.0 Å². The average Bonchev–Trinajstić information content (AvgIpc) is 2.77. The van der Waals surface area contributed by atoms with Crippen LogP contribution in [0.5, 0.6) is 0 Å². The number of rotatable bonds is 5. The van der Waals surface area contributed by atoms with Crippen LogP contribution in [0.1, 0.15) is 43.2 Å². The van der Waals surface area contributed by atoms with Crippen molar-refractivity contribution < 1.29 is 14.3 Å². The molecular weight excluding hydrogens is 388 g/mol. The standard InChI is InChI=1S/C26H28N2O3/c1-17-23(26(30)31-16-18-8-5-4-6-9-18)24(19-12-14-20(15-13-19)28(2)3)25-21(27-17)10-7-11-22(25)29/h4-6,8-9,12-15,23-24H,7,10-11,16H2,1-3H3. The summed E-state index contributed by atoms with van der Waals surface area (Å²) < 4.78 is 5.70. The Kier molecular flexibility index (Phi) is 6.03. The number of anilines is 1. The topological polar surface area (TPSA) is 59.0 Å². The molecule has 2 aliphatic rings. The molecule has 4 rings (SSSR count). The molecule has 1 heterocycles. The summed E-state index contributed by atoms with van der Waals surface area (Å²) in [5.41, 5.74) is 5.19. The van der Waals surface area contributed by atoms with Gasteiger partial charge in [0.25, 0.3) is 0 Å². The number of hydrogen-bond donors (Lipinski definition) is 0. The van der Waals surface area contributed by atoms with Gasteiger partial charge in [-0.05, 0) is 43.0 Å². The van der Waals surface area contributed by atoms with Crippen LogP contribution in [0, 0.1) is 5.92 Å². The first-order valence-electron chi connectivity index (χ1n) is 10.7. The lowest BCUT2D eigenvalue weighted by Crippen LogP contribution is -2.37. The molecule has 160 valence electrons. The Bertz CT molecular complexity index is 1040. The summed E-state index contributed by atoms with van der Waals surface area (Å²) in [5, 5.41) is 0. The highest BCUT2D eigenvalue weighted by Crippen LogP contribution is 2.43. The number of esters is 1. The van der Waals surface area contributed by atoms with Crippen molar-refractivity contribution in [2.45, 2.75) is 38.7 Å². The van der Waals surface area contributed by atoms with Crippen molar-refractivity contribution in [3.8, 4) is 0 Å². The van der Waals surface area contributed by atoms with Crippen molar-refractivity contribution in [3.63, 3.8) is 0 Å². The summed E-state index contributed by atoms with van der Waals surface area (Å²) in [5.74, 6) is -1.20. The van der Waals surface area contributed by atoms with Crippen LogP contribution < -0.4 is 4.90 Å². The van der Waals surface area contributed by atoms with Gasteiger partial charge in [0.1, 0.15) is 12.5 Å². The van der Waals surface area contributed by atoms with Crippen LogP contribution in [0.2, 0.25) is 0 Å². The lowest BCUT2D eigenvalue weighted by Gasteiger charge is -2.34. The lowest BCUT2D eigenvalue weighted by atomic mass is 9.72. The summed E-state index contributed by atoms with van der Waals surface area (Å²) in [6.07, 6.45) is 2.09. The van der Waals surface area contributed by atoms with Crippen LogP contribution in [0.25, 0.3) is 0 Å². The highest BCUT2D eigenvalue weighted by Gasteiger charge is 2.43. The zero-order chi connectivity index (χ0) is 22.0. The second-order valence-electron chi connectivity index (χ2n) is 8.42. The largest absolute Gasteiger partial charge is 0.460 e. The summed E-state index contributed by atoms with van der Waals surface area (Å²) in [7, 11) is 3.98. The van der Waals surface area contributed by atoms with Crippen LogP contribution in [-0.4, -0.2) is 31.6 Å². The summed E-state index contributed by atoms with van der Waals surface area (Å²) >= 11 is 0. The number of carbonyl (C=O) groups excluding carboxylic acids is 2. The van der Waals surface area contributed by atoms with Crippen LogP contribution in [-0.2, 0) is 20.9 Å². The molecule has 31 heavy (non-hydrogen) atoms. The third-order valence-corrected chi connectivity index (χ3v) is 6.08. The molecule has 2 aromatic carbocycles. The van der Waals surface area contributed by atoms with Crippen molar-refractivity contribution in [2.24, 2.45) is 10.9 Å². The zero-order valence-electron chi connectivity index (χ0n) is 18.3. The molecular formula is C26H28N2O3. The fourth-order valence-electron chi connectivity index (χ4n) is 4.47. The Morgan fingerprint density at radius 1 is 1.06 bits per heavy atom. The van der Waals surface area contributed by atoms with Gasteiger partial charge in [0.15, 0.2) is 5.78 Å². The van der Waals surface area contributed by atoms with Gasteiger partial charge in [-0.15, -0.1) is 0 Å². The fourth-order valence-corrected chi connectivity index (χ4v) is 4.47. The summed E-state index contributed by atoms with van der Waals surface area (Å²) in [6.45, 7) is 2.08. The Morgan fingerprint density at radius 2 is 1.77 bits per heavy atom. The second-order valence-corrected chi connectivity index (χ2v) is 8.42. The van der Waals surface area contributed by atoms with Gasteiger partial charge in [0.05, 0.1) is 0 Å². The van der Waals surface area contributed by atoms with Gasteiger partial charge in [-0.1, -0.05) is 42.5 Å². The molecule has 0 amide bonds. The molecule has 2 atom stereocenters. The SMILES string of the molecule is CC1=NC2=C(C(=O)CCC2)C(c2ccc(N(C)C)cc2)C1C(=O)OCc1ccccc1. The van der Waals surface area contributed by atoms with Gasteiger partial charge in [-0.25, -0.2) is 0 Å². The minimum Gasteiger partial charge on any atom is -0.460 e. The monoisotopic (exact) mass is 416 g/mol. The molecule has 0 N–H and O–H groups in total. The van der Waals surface area contributed by atoms with Gasteiger partial charge in [-0.2, -0.15) is 0 Å². The molecule has 0 bridgehead atoms. The molecule has 0 radical (unpaired) electrons. The van der Waals surface area contributed by atoms with Crippen molar-refractivity contribution >= 4 is 23.2 Å². The molecule has 5 nitrogen and oxygen atoms in total. The van der Waals surface area contributed by atoms with E-state index in [-0.39, 0.29) is 24.3 Å². The molecule has 5 heteroatoms. The minimum atomic E-state index is -0.602. The van der Waals surface area contributed by atoms with Gasteiger partial charge >= 0.3 is 5.97 Å². The van der Waals surface area contributed by atoms with E-state index >= 15 is 0 Å². The molecule has 1 aliphatic carbocycles. The average molecular weight is 417 g/mol. The maximum Gasteiger partial charge on any atom is 0.315 e. The van der Waals surface area contributed by atoms with Crippen LogP contribution in [0.4, 0.5) is 5.69 Å².